The molecule has 2 aromatic carbocycles. The van der Waals surface area contributed by atoms with E-state index in [0.717, 1.165) is 11.3 Å². The van der Waals surface area contributed by atoms with Crippen molar-refractivity contribution < 1.29 is 5.11 Å². The third-order valence-corrected chi connectivity index (χ3v) is 2.87. The highest BCUT2D eigenvalue weighted by atomic mass is 16.3. The average molecular weight is 252 g/mol. The molecule has 0 aliphatic carbocycles. The Bertz CT molecular complexity index is 543. The van der Waals surface area contributed by atoms with E-state index in [1.54, 1.807) is 12.1 Å². The molecule has 2 rings (SSSR count). The van der Waals surface area contributed by atoms with E-state index < -0.39 is 6.10 Å². The molecule has 0 fully saturated rings. The number of benzene rings is 2. The number of nitriles is 1. The maximum Gasteiger partial charge on any atom is 0.0991 e. The van der Waals surface area contributed by atoms with Gasteiger partial charge < -0.3 is 10.4 Å². The zero-order valence-corrected chi connectivity index (χ0v) is 10.6. The van der Waals surface area contributed by atoms with Crippen LogP contribution >= 0.6 is 0 Å². The molecule has 0 saturated carbocycles. The van der Waals surface area contributed by atoms with Gasteiger partial charge >= 0.3 is 0 Å². The maximum atomic E-state index is 9.95. The third-order valence-electron chi connectivity index (χ3n) is 2.87. The van der Waals surface area contributed by atoms with Gasteiger partial charge in [-0.1, -0.05) is 30.3 Å². The summed E-state index contributed by atoms with van der Waals surface area (Å²) in [5, 5.41) is 21.8. The molecular formula is C16H16N2O. The molecule has 3 heteroatoms. The lowest BCUT2D eigenvalue weighted by atomic mass is 10.1. The van der Waals surface area contributed by atoms with Crippen LogP contribution in [0.1, 0.15) is 11.1 Å². The van der Waals surface area contributed by atoms with E-state index in [1.807, 2.05) is 42.5 Å². The van der Waals surface area contributed by atoms with Crippen molar-refractivity contribution in [1.82, 2.24) is 0 Å². The van der Waals surface area contributed by atoms with Gasteiger partial charge in [0, 0.05) is 18.7 Å². The molecule has 0 aliphatic rings. The maximum absolute atomic E-state index is 9.95. The highest BCUT2D eigenvalue weighted by Crippen LogP contribution is 2.09. The summed E-state index contributed by atoms with van der Waals surface area (Å²) in [6.07, 6.45) is 0.197. The van der Waals surface area contributed by atoms with Crippen LogP contribution in [0, 0.1) is 11.3 Å². The highest BCUT2D eigenvalue weighted by Gasteiger charge is 2.05. The van der Waals surface area contributed by atoms with Gasteiger partial charge in [0.2, 0.25) is 0 Å². The first-order chi connectivity index (χ1) is 9.28. The molecule has 2 N–H and O–H groups in total. The van der Waals surface area contributed by atoms with Crippen LogP contribution in [0.15, 0.2) is 54.6 Å². The van der Waals surface area contributed by atoms with E-state index >= 15 is 0 Å². The molecule has 2 aromatic rings. The number of aliphatic hydroxyl groups excluding tert-OH is 1. The summed E-state index contributed by atoms with van der Waals surface area (Å²) in [7, 11) is 0. The third kappa shape index (κ3) is 4.13. The van der Waals surface area contributed by atoms with E-state index in [2.05, 4.69) is 11.4 Å². The van der Waals surface area contributed by atoms with Gasteiger partial charge in [-0.3, -0.25) is 0 Å². The number of hydrogen-bond acceptors (Lipinski definition) is 3. The quantitative estimate of drug-likeness (QED) is 0.860. The van der Waals surface area contributed by atoms with Gasteiger partial charge in [-0.25, -0.2) is 0 Å². The lowest BCUT2D eigenvalue weighted by molar-refractivity contribution is 0.188. The van der Waals surface area contributed by atoms with Crippen molar-refractivity contribution in [1.29, 1.82) is 5.26 Å². The van der Waals surface area contributed by atoms with E-state index in [1.165, 1.54) is 0 Å². The topological polar surface area (TPSA) is 56.0 Å². The molecule has 0 spiro atoms. The molecule has 0 heterocycles. The molecule has 0 aliphatic heterocycles. The average Bonchev–Trinajstić information content (AvgIpc) is 2.47. The Hall–Kier alpha value is -2.31. The largest absolute Gasteiger partial charge is 0.391 e. The second kappa shape index (κ2) is 6.58. The number of rotatable bonds is 5. The molecule has 96 valence electrons. The molecule has 0 bridgehead atoms. The minimum absolute atomic E-state index is 0.432. The number of aliphatic hydroxyl groups is 1. The Kier molecular flexibility index (Phi) is 4.54. The first-order valence-corrected chi connectivity index (χ1v) is 6.24. The summed E-state index contributed by atoms with van der Waals surface area (Å²) in [5.74, 6) is 0. The van der Waals surface area contributed by atoms with Gasteiger partial charge in [0.1, 0.15) is 0 Å². The van der Waals surface area contributed by atoms with Gasteiger partial charge in [0.05, 0.1) is 17.7 Å². The van der Waals surface area contributed by atoms with Crippen LogP contribution in [0.5, 0.6) is 0 Å². The second-order valence-corrected chi connectivity index (χ2v) is 4.41. The minimum atomic E-state index is -0.432. The number of nitrogens with one attached hydrogen (secondary N) is 1. The summed E-state index contributed by atoms with van der Waals surface area (Å²) >= 11 is 0. The van der Waals surface area contributed by atoms with E-state index in [0.29, 0.717) is 18.5 Å². The standard InChI is InChI=1S/C16H16N2O/c17-11-14-6-8-15(9-7-14)18-12-16(19)10-13-4-2-1-3-5-13/h1-9,16,18-19H,10,12H2. The summed E-state index contributed by atoms with van der Waals surface area (Å²) in [4.78, 5) is 0. The van der Waals surface area contributed by atoms with Crippen LogP contribution in [0.3, 0.4) is 0 Å². The van der Waals surface area contributed by atoms with Crippen LogP contribution in [-0.2, 0) is 6.42 Å². The lowest BCUT2D eigenvalue weighted by Crippen LogP contribution is -2.21. The van der Waals surface area contributed by atoms with Crippen molar-refractivity contribution >= 4 is 5.69 Å². The van der Waals surface area contributed by atoms with Crippen LogP contribution in [0.4, 0.5) is 5.69 Å². The van der Waals surface area contributed by atoms with Crippen LogP contribution in [0.2, 0.25) is 0 Å². The van der Waals surface area contributed by atoms with Crippen molar-refractivity contribution in [2.24, 2.45) is 0 Å². The molecule has 1 unspecified atom stereocenters. The Morgan fingerprint density at radius 2 is 1.74 bits per heavy atom. The molecule has 1 atom stereocenters. The molecule has 0 aromatic heterocycles. The number of anilines is 1. The zero-order valence-electron chi connectivity index (χ0n) is 10.6. The first-order valence-electron chi connectivity index (χ1n) is 6.24. The number of nitrogens with zero attached hydrogens (tertiary/aromatic N) is 1. The minimum Gasteiger partial charge on any atom is -0.391 e. The van der Waals surface area contributed by atoms with Gasteiger partial charge in [-0.15, -0.1) is 0 Å². The van der Waals surface area contributed by atoms with Crippen LogP contribution in [-0.4, -0.2) is 17.8 Å². The molecular weight excluding hydrogens is 236 g/mol. The van der Waals surface area contributed by atoms with Crippen molar-refractivity contribution in [2.75, 3.05) is 11.9 Å². The summed E-state index contributed by atoms with van der Waals surface area (Å²) in [6, 6.07) is 19.2. The Balaban J connectivity index is 1.83. The van der Waals surface area contributed by atoms with Crippen molar-refractivity contribution in [2.45, 2.75) is 12.5 Å². The summed E-state index contributed by atoms with van der Waals surface area (Å²) < 4.78 is 0. The normalized spacial score (nSPS) is 11.6. The summed E-state index contributed by atoms with van der Waals surface area (Å²) in [5.41, 5.74) is 2.66. The van der Waals surface area contributed by atoms with Gasteiger partial charge in [0.25, 0.3) is 0 Å². The first kappa shape index (κ1) is 13.1. The van der Waals surface area contributed by atoms with E-state index in [9.17, 15) is 5.11 Å². The molecule has 19 heavy (non-hydrogen) atoms. The Morgan fingerprint density at radius 1 is 1.05 bits per heavy atom. The van der Waals surface area contributed by atoms with Crippen LogP contribution < -0.4 is 5.32 Å². The lowest BCUT2D eigenvalue weighted by Gasteiger charge is -2.13. The monoisotopic (exact) mass is 252 g/mol. The van der Waals surface area contributed by atoms with E-state index in [-0.39, 0.29) is 0 Å². The number of hydrogen-bond donors (Lipinski definition) is 2. The van der Waals surface area contributed by atoms with E-state index in [4.69, 9.17) is 5.26 Å². The molecule has 0 amide bonds. The predicted octanol–water partition coefficient (Wildman–Crippen LogP) is 2.57. The smallest absolute Gasteiger partial charge is 0.0991 e. The highest BCUT2D eigenvalue weighted by molar-refractivity contribution is 5.47. The zero-order chi connectivity index (χ0) is 13.5. The van der Waals surface area contributed by atoms with Crippen LogP contribution in [0.25, 0.3) is 0 Å². The van der Waals surface area contributed by atoms with Crippen molar-refractivity contribution in [3.63, 3.8) is 0 Å². The SMILES string of the molecule is N#Cc1ccc(NCC(O)Cc2ccccc2)cc1. The molecule has 3 nitrogen and oxygen atoms in total. The predicted molar refractivity (Wildman–Crippen MR) is 75.8 cm³/mol. The molecule has 0 saturated heterocycles. The Morgan fingerprint density at radius 3 is 2.37 bits per heavy atom. The summed E-state index contributed by atoms with van der Waals surface area (Å²) in [6.45, 7) is 0.487. The fraction of sp³-hybridized carbons (Fsp3) is 0.188. The fourth-order valence-corrected chi connectivity index (χ4v) is 1.86. The van der Waals surface area contributed by atoms with Crippen molar-refractivity contribution in [3.05, 3.63) is 65.7 Å². The molecule has 0 radical (unpaired) electrons. The van der Waals surface area contributed by atoms with Gasteiger partial charge in [-0.05, 0) is 29.8 Å². The van der Waals surface area contributed by atoms with Gasteiger partial charge in [-0.2, -0.15) is 5.26 Å². The Labute approximate surface area is 113 Å². The van der Waals surface area contributed by atoms with Crippen molar-refractivity contribution in [3.8, 4) is 6.07 Å². The van der Waals surface area contributed by atoms with Gasteiger partial charge in [0.15, 0.2) is 0 Å². The second-order valence-electron chi connectivity index (χ2n) is 4.41. The fourth-order valence-electron chi connectivity index (χ4n) is 1.86.